The standard InChI is InChI=1S/C15H19ClN2S/c1-10-5-7-11(8-6-10)9-18-13-4-2-3-12(16)14(13)17-15(18)19/h2-4,10-11H,5-9H2,1H3,(H,17,19). The molecule has 1 aromatic heterocycles. The van der Waals surface area contributed by atoms with Crippen LogP contribution in [-0.2, 0) is 6.54 Å². The second-order valence-corrected chi connectivity index (χ2v) is 6.59. The number of nitrogens with zero attached hydrogens (tertiary/aromatic N) is 1. The van der Waals surface area contributed by atoms with E-state index in [0.717, 1.165) is 39.2 Å². The molecule has 0 aliphatic heterocycles. The predicted octanol–water partition coefficient (Wildman–Crippen LogP) is 5.18. The lowest BCUT2D eigenvalue weighted by Crippen LogP contribution is -2.17. The molecular formula is C15H19ClN2S. The summed E-state index contributed by atoms with van der Waals surface area (Å²) in [5.41, 5.74) is 2.11. The fourth-order valence-electron chi connectivity index (χ4n) is 3.10. The number of hydrogen-bond donors (Lipinski definition) is 1. The molecule has 1 aliphatic rings. The summed E-state index contributed by atoms with van der Waals surface area (Å²) in [6.45, 7) is 3.37. The van der Waals surface area contributed by atoms with Gasteiger partial charge in [0.05, 0.1) is 16.1 Å². The first-order chi connectivity index (χ1) is 9.15. The molecule has 0 atom stereocenters. The lowest BCUT2D eigenvalue weighted by molar-refractivity contribution is 0.266. The smallest absolute Gasteiger partial charge is 0.178 e. The zero-order chi connectivity index (χ0) is 13.4. The first-order valence-electron chi connectivity index (χ1n) is 7.02. The van der Waals surface area contributed by atoms with Crippen LogP contribution in [0.25, 0.3) is 11.0 Å². The molecule has 2 aromatic rings. The lowest BCUT2D eigenvalue weighted by Gasteiger charge is -2.26. The molecule has 0 spiro atoms. The first-order valence-corrected chi connectivity index (χ1v) is 7.81. The predicted molar refractivity (Wildman–Crippen MR) is 83.3 cm³/mol. The van der Waals surface area contributed by atoms with Crippen molar-refractivity contribution in [2.24, 2.45) is 11.8 Å². The van der Waals surface area contributed by atoms with Gasteiger partial charge in [0.25, 0.3) is 0 Å². The molecule has 0 amide bonds. The number of benzene rings is 1. The Hall–Kier alpha value is -0.800. The molecule has 1 aliphatic carbocycles. The number of fused-ring (bicyclic) bond motifs is 1. The highest BCUT2D eigenvalue weighted by atomic mass is 35.5. The van der Waals surface area contributed by atoms with E-state index in [1.807, 2.05) is 12.1 Å². The monoisotopic (exact) mass is 294 g/mol. The summed E-state index contributed by atoms with van der Waals surface area (Å²) in [5, 5.41) is 0.750. The first kappa shape index (κ1) is 13.2. The molecule has 0 bridgehead atoms. The SMILES string of the molecule is CC1CCC(Cn2c(=S)[nH]c3c(Cl)cccc32)CC1. The van der Waals surface area contributed by atoms with Crippen LogP contribution in [0.3, 0.4) is 0 Å². The van der Waals surface area contributed by atoms with Crippen LogP contribution in [0.1, 0.15) is 32.6 Å². The van der Waals surface area contributed by atoms with Crippen molar-refractivity contribution < 1.29 is 0 Å². The van der Waals surface area contributed by atoms with Gasteiger partial charge in [-0.25, -0.2) is 0 Å². The van der Waals surface area contributed by atoms with Crippen molar-refractivity contribution in [1.82, 2.24) is 9.55 Å². The quantitative estimate of drug-likeness (QED) is 0.757. The number of imidazole rings is 1. The van der Waals surface area contributed by atoms with Crippen molar-refractivity contribution in [3.05, 3.63) is 28.0 Å². The maximum atomic E-state index is 6.21. The average Bonchev–Trinajstić information content (AvgIpc) is 2.71. The summed E-state index contributed by atoms with van der Waals surface area (Å²) in [5.74, 6) is 1.64. The van der Waals surface area contributed by atoms with E-state index >= 15 is 0 Å². The summed E-state index contributed by atoms with van der Waals surface area (Å²) < 4.78 is 3.01. The number of para-hydroxylation sites is 1. The zero-order valence-corrected chi connectivity index (χ0v) is 12.7. The van der Waals surface area contributed by atoms with Gasteiger partial charge in [0.15, 0.2) is 4.77 Å². The summed E-state index contributed by atoms with van der Waals surface area (Å²) in [7, 11) is 0. The van der Waals surface area contributed by atoms with Crippen LogP contribution in [0.2, 0.25) is 5.02 Å². The van der Waals surface area contributed by atoms with E-state index in [-0.39, 0.29) is 0 Å². The van der Waals surface area contributed by atoms with Gasteiger partial charge in [-0.2, -0.15) is 0 Å². The van der Waals surface area contributed by atoms with E-state index in [1.165, 1.54) is 25.7 Å². The largest absolute Gasteiger partial charge is 0.329 e. The Labute approximate surface area is 123 Å². The second kappa shape index (κ2) is 5.29. The van der Waals surface area contributed by atoms with Crippen LogP contribution < -0.4 is 0 Å². The number of rotatable bonds is 2. The van der Waals surface area contributed by atoms with Gasteiger partial charge < -0.3 is 9.55 Å². The second-order valence-electron chi connectivity index (χ2n) is 5.80. The third-order valence-corrected chi connectivity index (χ3v) is 4.97. The van der Waals surface area contributed by atoms with Crippen molar-refractivity contribution in [3.8, 4) is 0 Å². The zero-order valence-electron chi connectivity index (χ0n) is 11.2. The van der Waals surface area contributed by atoms with Crippen molar-refractivity contribution in [2.45, 2.75) is 39.2 Å². The van der Waals surface area contributed by atoms with E-state index in [0.29, 0.717) is 0 Å². The molecule has 19 heavy (non-hydrogen) atoms. The highest BCUT2D eigenvalue weighted by Gasteiger charge is 2.19. The van der Waals surface area contributed by atoms with E-state index in [4.69, 9.17) is 23.8 Å². The Morgan fingerprint density at radius 1 is 1.32 bits per heavy atom. The number of aromatic nitrogens is 2. The minimum absolute atomic E-state index is 0.750. The van der Waals surface area contributed by atoms with Gasteiger partial charge >= 0.3 is 0 Å². The summed E-state index contributed by atoms with van der Waals surface area (Å²) in [6.07, 6.45) is 5.33. The van der Waals surface area contributed by atoms with Crippen LogP contribution in [0.4, 0.5) is 0 Å². The minimum atomic E-state index is 0.750. The van der Waals surface area contributed by atoms with Crippen molar-refractivity contribution in [3.63, 3.8) is 0 Å². The number of aromatic amines is 1. The lowest BCUT2D eigenvalue weighted by atomic mass is 9.83. The Morgan fingerprint density at radius 2 is 2.05 bits per heavy atom. The minimum Gasteiger partial charge on any atom is -0.329 e. The third-order valence-electron chi connectivity index (χ3n) is 4.34. The number of halogens is 1. The van der Waals surface area contributed by atoms with Crippen LogP contribution in [0, 0.1) is 16.6 Å². The van der Waals surface area contributed by atoms with E-state index in [2.05, 4.69) is 22.5 Å². The molecule has 0 radical (unpaired) electrons. The molecule has 1 heterocycles. The Kier molecular flexibility index (Phi) is 3.68. The molecule has 4 heteroatoms. The number of hydrogen-bond acceptors (Lipinski definition) is 1. The van der Waals surface area contributed by atoms with Gasteiger partial charge in [0.2, 0.25) is 0 Å². The molecule has 2 nitrogen and oxygen atoms in total. The fourth-order valence-corrected chi connectivity index (χ4v) is 3.59. The van der Waals surface area contributed by atoms with Gasteiger partial charge in [0.1, 0.15) is 0 Å². The molecular weight excluding hydrogens is 276 g/mol. The van der Waals surface area contributed by atoms with Crippen molar-refractivity contribution in [1.29, 1.82) is 0 Å². The summed E-state index contributed by atoms with van der Waals surface area (Å²) in [6, 6.07) is 5.99. The third kappa shape index (κ3) is 2.59. The maximum absolute atomic E-state index is 6.21. The van der Waals surface area contributed by atoms with E-state index < -0.39 is 0 Å². The summed E-state index contributed by atoms with van der Waals surface area (Å²) >= 11 is 11.7. The Balaban J connectivity index is 1.91. The summed E-state index contributed by atoms with van der Waals surface area (Å²) in [4.78, 5) is 3.24. The Bertz CT molecular complexity index is 635. The highest BCUT2D eigenvalue weighted by Crippen LogP contribution is 2.31. The molecule has 0 unspecified atom stereocenters. The van der Waals surface area contributed by atoms with Gasteiger partial charge in [-0.15, -0.1) is 0 Å². The molecule has 3 rings (SSSR count). The van der Waals surface area contributed by atoms with Crippen molar-refractivity contribution >= 4 is 34.9 Å². The van der Waals surface area contributed by atoms with Gasteiger partial charge in [-0.05, 0) is 49.0 Å². The van der Waals surface area contributed by atoms with Crippen LogP contribution in [0.15, 0.2) is 18.2 Å². The molecule has 1 aromatic carbocycles. The molecule has 0 saturated heterocycles. The van der Waals surface area contributed by atoms with Crippen LogP contribution in [-0.4, -0.2) is 9.55 Å². The fraction of sp³-hybridized carbons (Fsp3) is 0.533. The van der Waals surface area contributed by atoms with Crippen molar-refractivity contribution in [2.75, 3.05) is 0 Å². The highest BCUT2D eigenvalue weighted by molar-refractivity contribution is 7.71. The van der Waals surface area contributed by atoms with Crippen LogP contribution >= 0.6 is 23.8 Å². The van der Waals surface area contributed by atoms with E-state index in [1.54, 1.807) is 0 Å². The molecule has 102 valence electrons. The molecule has 1 fully saturated rings. The maximum Gasteiger partial charge on any atom is 0.178 e. The van der Waals surface area contributed by atoms with E-state index in [9.17, 15) is 0 Å². The molecule has 1 saturated carbocycles. The van der Waals surface area contributed by atoms with Gasteiger partial charge in [0, 0.05) is 6.54 Å². The average molecular weight is 295 g/mol. The Morgan fingerprint density at radius 3 is 2.79 bits per heavy atom. The van der Waals surface area contributed by atoms with Crippen LogP contribution in [0.5, 0.6) is 0 Å². The number of nitrogens with one attached hydrogen (secondary N) is 1. The van der Waals surface area contributed by atoms with Gasteiger partial charge in [-0.1, -0.05) is 37.4 Å². The normalized spacial score (nSPS) is 23.9. The number of H-pyrrole nitrogens is 1. The van der Waals surface area contributed by atoms with Gasteiger partial charge in [-0.3, -0.25) is 0 Å². The topological polar surface area (TPSA) is 20.7 Å². The molecule has 1 N–H and O–H groups in total.